The van der Waals surface area contributed by atoms with Gasteiger partial charge in [0.05, 0.1) is 17.7 Å². The summed E-state index contributed by atoms with van der Waals surface area (Å²) in [5.74, 6) is -0.408. The topological polar surface area (TPSA) is 75.7 Å². The quantitative estimate of drug-likeness (QED) is 0.785. The number of para-hydroxylation sites is 1. The number of amides is 1. The second kappa shape index (κ2) is 7.22. The van der Waals surface area contributed by atoms with E-state index in [0.29, 0.717) is 5.69 Å². The van der Waals surface area contributed by atoms with Crippen LogP contribution in [0.25, 0.3) is 0 Å². The van der Waals surface area contributed by atoms with Gasteiger partial charge in [0.15, 0.2) is 0 Å². The maximum Gasteiger partial charge on any atom is 0.264 e. The average molecular weight is 399 g/mol. The fourth-order valence-corrected chi connectivity index (χ4v) is 3.20. The van der Waals surface area contributed by atoms with E-state index in [9.17, 15) is 13.2 Å². The van der Waals surface area contributed by atoms with Gasteiger partial charge in [0.25, 0.3) is 15.9 Å². The van der Waals surface area contributed by atoms with Crippen LogP contribution >= 0.6 is 15.9 Å². The van der Waals surface area contributed by atoms with E-state index in [2.05, 4.69) is 21.2 Å². The number of rotatable bonds is 5. The van der Waals surface area contributed by atoms with Crippen LogP contribution < -0.4 is 5.32 Å². The lowest BCUT2D eigenvalue weighted by Gasteiger charge is -2.14. The van der Waals surface area contributed by atoms with Crippen molar-refractivity contribution < 1.29 is 18.0 Å². The second-order valence-electron chi connectivity index (χ2n) is 4.56. The Hall–Kier alpha value is -1.74. The van der Waals surface area contributed by atoms with Crippen LogP contribution in [0.15, 0.2) is 57.9 Å². The number of sulfonamides is 1. The van der Waals surface area contributed by atoms with E-state index >= 15 is 0 Å². The smallest absolute Gasteiger partial charge is 0.264 e. The van der Waals surface area contributed by atoms with Crippen molar-refractivity contribution >= 4 is 37.5 Å². The van der Waals surface area contributed by atoms with Gasteiger partial charge in [-0.2, -0.15) is 0 Å². The minimum Gasteiger partial charge on any atom is -0.321 e. The Bertz CT molecular complexity index is 824. The number of hydroxylamine groups is 1. The van der Waals surface area contributed by atoms with Crippen LogP contribution in [-0.4, -0.2) is 33.0 Å². The standard InChI is InChI=1S/C15H15BrN2O4S/c1-18(22-2)23(20,21)12-7-5-6-11(10-12)15(19)17-14-9-4-3-8-13(14)16/h3-10H,1-2H3,(H,17,19). The summed E-state index contributed by atoms with van der Waals surface area (Å²) in [7, 11) is -1.27. The van der Waals surface area contributed by atoms with E-state index in [4.69, 9.17) is 4.84 Å². The maximum absolute atomic E-state index is 12.3. The van der Waals surface area contributed by atoms with Crippen molar-refractivity contribution in [3.63, 3.8) is 0 Å². The van der Waals surface area contributed by atoms with E-state index in [0.717, 1.165) is 8.94 Å². The fourth-order valence-electron chi connectivity index (χ4n) is 1.80. The lowest BCUT2D eigenvalue weighted by Crippen LogP contribution is -2.26. The van der Waals surface area contributed by atoms with E-state index < -0.39 is 15.9 Å². The molecule has 6 nitrogen and oxygen atoms in total. The van der Waals surface area contributed by atoms with Gasteiger partial charge in [-0.1, -0.05) is 22.7 Å². The van der Waals surface area contributed by atoms with Crippen LogP contribution in [0.4, 0.5) is 5.69 Å². The Morgan fingerprint density at radius 3 is 2.52 bits per heavy atom. The Kier molecular flexibility index (Phi) is 5.53. The predicted molar refractivity (Wildman–Crippen MR) is 90.5 cm³/mol. The summed E-state index contributed by atoms with van der Waals surface area (Å²) >= 11 is 3.34. The summed E-state index contributed by atoms with van der Waals surface area (Å²) in [5.41, 5.74) is 0.825. The highest BCUT2D eigenvalue weighted by Gasteiger charge is 2.22. The van der Waals surface area contributed by atoms with Crippen molar-refractivity contribution in [3.05, 3.63) is 58.6 Å². The van der Waals surface area contributed by atoms with E-state index in [-0.39, 0.29) is 10.5 Å². The number of halogens is 1. The van der Waals surface area contributed by atoms with E-state index in [1.165, 1.54) is 38.4 Å². The number of anilines is 1. The molecule has 0 spiro atoms. The first-order valence-corrected chi connectivity index (χ1v) is 8.78. The largest absolute Gasteiger partial charge is 0.321 e. The molecule has 1 amide bonds. The summed E-state index contributed by atoms with van der Waals surface area (Å²) in [4.78, 5) is 17.0. The molecular formula is C15H15BrN2O4S. The molecule has 0 bridgehead atoms. The first-order valence-electron chi connectivity index (χ1n) is 6.55. The van der Waals surface area contributed by atoms with Gasteiger partial charge in [0.1, 0.15) is 0 Å². The third kappa shape index (κ3) is 3.97. The van der Waals surface area contributed by atoms with Crippen LogP contribution in [-0.2, 0) is 14.9 Å². The van der Waals surface area contributed by atoms with Gasteiger partial charge >= 0.3 is 0 Å². The van der Waals surface area contributed by atoms with Gasteiger partial charge in [-0.05, 0) is 46.3 Å². The van der Waals surface area contributed by atoms with Crippen molar-refractivity contribution in [1.29, 1.82) is 0 Å². The molecule has 0 saturated heterocycles. The molecule has 0 aromatic heterocycles. The third-order valence-corrected chi connectivity index (χ3v) is 5.48. The van der Waals surface area contributed by atoms with Crippen molar-refractivity contribution in [2.45, 2.75) is 4.90 Å². The molecule has 8 heteroatoms. The Labute approximate surface area is 143 Å². The third-order valence-electron chi connectivity index (χ3n) is 3.11. The first kappa shape index (κ1) is 17.6. The second-order valence-corrected chi connectivity index (χ2v) is 7.35. The zero-order valence-electron chi connectivity index (χ0n) is 12.5. The molecule has 0 unspecified atom stereocenters. The SMILES string of the molecule is CON(C)S(=O)(=O)c1cccc(C(=O)Nc2ccccc2Br)c1. The average Bonchev–Trinajstić information content (AvgIpc) is 2.56. The minimum atomic E-state index is -3.80. The molecule has 0 radical (unpaired) electrons. The molecule has 0 saturated carbocycles. The van der Waals surface area contributed by atoms with Gasteiger partial charge in [0.2, 0.25) is 0 Å². The molecule has 122 valence electrons. The fraction of sp³-hybridized carbons (Fsp3) is 0.133. The highest BCUT2D eigenvalue weighted by atomic mass is 79.9. The first-order chi connectivity index (χ1) is 10.9. The van der Waals surface area contributed by atoms with Crippen molar-refractivity contribution in [2.24, 2.45) is 0 Å². The summed E-state index contributed by atoms with van der Waals surface area (Å²) in [5, 5.41) is 2.72. The summed E-state index contributed by atoms with van der Waals surface area (Å²) in [6, 6.07) is 12.9. The zero-order chi connectivity index (χ0) is 17.0. The Balaban J connectivity index is 2.30. The zero-order valence-corrected chi connectivity index (χ0v) is 14.9. The summed E-state index contributed by atoms with van der Waals surface area (Å²) in [6.45, 7) is 0. The number of carbonyl (C=O) groups excluding carboxylic acids is 1. The van der Waals surface area contributed by atoms with Gasteiger partial charge < -0.3 is 5.32 Å². The predicted octanol–water partition coefficient (Wildman–Crippen LogP) is 2.88. The number of hydrogen-bond donors (Lipinski definition) is 1. The number of nitrogens with one attached hydrogen (secondary N) is 1. The van der Waals surface area contributed by atoms with Gasteiger partial charge in [-0.15, -0.1) is 0 Å². The van der Waals surface area contributed by atoms with Crippen LogP contribution in [0.3, 0.4) is 0 Å². The van der Waals surface area contributed by atoms with Crippen LogP contribution in [0.5, 0.6) is 0 Å². The Morgan fingerprint density at radius 2 is 1.87 bits per heavy atom. The number of hydrogen-bond acceptors (Lipinski definition) is 4. The van der Waals surface area contributed by atoms with E-state index in [1.807, 2.05) is 6.07 Å². The molecule has 2 aromatic carbocycles. The van der Waals surface area contributed by atoms with Crippen LogP contribution in [0, 0.1) is 0 Å². The number of nitrogens with zero attached hydrogens (tertiary/aromatic N) is 1. The van der Waals surface area contributed by atoms with Gasteiger partial charge in [0, 0.05) is 17.1 Å². The van der Waals surface area contributed by atoms with E-state index in [1.54, 1.807) is 18.2 Å². The van der Waals surface area contributed by atoms with Crippen molar-refractivity contribution in [1.82, 2.24) is 4.47 Å². The van der Waals surface area contributed by atoms with Gasteiger partial charge in [-0.3, -0.25) is 9.63 Å². The van der Waals surface area contributed by atoms with Crippen molar-refractivity contribution in [3.8, 4) is 0 Å². The monoisotopic (exact) mass is 398 g/mol. The normalized spacial score (nSPS) is 11.5. The van der Waals surface area contributed by atoms with Crippen molar-refractivity contribution in [2.75, 3.05) is 19.5 Å². The molecule has 0 aliphatic rings. The van der Waals surface area contributed by atoms with Crippen LogP contribution in [0.2, 0.25) is 0 Å². The molecule has 0 fully saturated rings. The summed E-state index contributed by atoms with van der Waals surface area (Å²) < 4.78 is 25.9. The molecule has 2 rings (SSSR count). The highest BCUT2D eigenvalue weighted by Crippen LogP contribution is 2.22. The molecular weight excluding hydrogens is 384 g/mol. The maximum atomic E-state index is 12.3. The lowest BCUT2D eigenvalue weighted by atomic mass is 10.2. The lowest BCUT2D eigenvalue weighted by molar-refractivity contribution is -0.0258. The molecule has 0 heterocycles. The molecule has 0 aliphatic heterocycles. The number of carbonyl (C=O) groups is 1. The Morgan fingerprint density at radius 1 is 1.17 bits per heavy atom. The van der Waals surface area contributed by atoms with Crippen LogP contribution in [0.1, 0.15) is 10.4 Å². The molecule has 2 aromatic rings. The molecule has 0 atom stereocenters. The highest BCUT2D eigenvalue weighted by molar-refractivity contribution is 9.10. The minimum absolute atomic E-state index is 0.0263. The number of benzene rings is 2. The summed E-state index contributed by atoms with van der Waals surface area (Å²) in [6.07, 6.45) is 0. The molecule has 23 heavy (non-hydrogen) atoms. The molecule has 1 N–H and O–H groups in total. The molecule has 0 aliphatic carbocycles. The van der Waals surface area contributed by atoms with Gasteiger partial charge in [-0.25, -0.2) is 8.42 Å².